The minimum Gasteiger partial charge on any atom is -0.371 e. The maximum Gasteiger partial charge on any atom is 0.211 e. The Labute approximate surface area is 156 Å². The summed E-state index contributed by atoms with van der Waals surface area (Å²) >= 11 is 0. The van der Waals surface area contributed by atoms with E-state index in [4.69, 9.17) is 4.74 Å². The lowest BCUT2D eigenvalue weighted by Gasteiger charge is -2.33. The maximum absolute atomic E-state index is 12.2. The Morgan fingerprint density at radius 3 is 2.46 bits per heavy atom. The van der Waals surface area contributed by atoms with Gasteiger partial charge in [-0.15, -0.1) is 0 Å². The van der Waals surface area contributed by atoms with Crippen LogP contribution in [-0.2, 0) is 21.2 Å². The highest BCUT2D eigenvalue weighted by Crippen LogP contribution is 2.21. The minimum atomic E-state index is -3.25. The van der Waals surface area contributed by atoms with Crippen LogP contribution in [0.15, 0.2) is 60.7 Å². The van der Waals surface area contributed by atoms with E-state index in [-0.39, 0.29) is 11.9 Å². The van der Waals surface area contributed by atoms with Gasteiger partial charge in [-0.05, 0) is 17.5 Å². The SMILES string of the molecule is O=S(=O)(CCc1ccccc1)NCCN1CCO[C@@H](c2ccccc2)C1. The number of morpholine rings is 1. The Morgan fingerprint density at radius 1 is 1.04 bits per heavy atom. The second kappa shape index (κ2) is 9.28. The van der Waals surface area contributed by atoms with Crippen LogP contribution in [0.25, 0.3) is 0 Å². The zero-order valence-electron chi connectivity index (χ0n) is 14.9. The molecule has 0 saturated carbocycles. The first-order valence-corrected chi connectivity index (χ1v) is 10.7. The van der Waals surface area contributed by atoms with Crippen LogP contribution in [0.4, 0.5) is 0 Å². The van der Waals surface area contributed by atoms with Crippen LogP contribution < -0.4 is 4.72 Å². The molecule has 1 aliphatic heterocycles. The number of hydrogen-bond donors (Lipinski definition) is 1. The molecule has 1 saturated heterocycles. The molecule has 1 atom stereocenters. The van der Waals surface area contributed by atoms with Gasteiger partial charge in [0.05, 0.1) is 18.5 Å². The molecule has 3 rings (SSSR count). The van der Waals surface area contributed by atoms with E-state index in [1.54, 1.807) is 0 Å². The molecule has 2 aromatic rings. The average Bonchev–Trinajstić information content (AvgIpc) is 2.68. The molecule has 0 aromatic heterocycles. The van der Waals surface area contributed by atoms with Gasteiger partial charge < -0.3 is 4.74 Å². The third kappa shape index (κ3) is 5.92. The summed E-state index contributed by atoms with van der Waals surface area (Å²) < 4.78 is 32.9. The van der Waals surface area contributed by atoms with Crippen molar-refractivity contribution in [2.45, 2.75) is 12.5 Å². The van der Waals surface area contributed by atoms with Gasteiger partial charge in [-0.25, -0.2) is 13.1 Å². The normalized spacial score (nSPS) is 18.7. The standard InChI is InChI=1S/C20H26N2O3S/c23-26(24,16-11-18-7-3-1-4-8-18)21-12-13-22-14-15-25-20(17-22)19-9-5-2-6-10-19/h1-10,20-21H,11-17H2/t20-/m1/s1. The number of benzene rings is 2. The van der Waals surface area contributed by atoms with Crippen molar-refractivity contribution in [2.75, 3.05) is 38.5 Å². The van der Waals surface area contributed by atoms with Gasteiger partial charge >= 0.3 is 0 Å². The zero-order valence-corrected chi connectivity index (χ0v) is 15.7. The van der Waals surface area contributed by atoms with E-state index >= 15 is 0 Å². The monoisotopic (exact) mass is 374 g/mol. The van der Waals surface area contributed by atoms with Gasteiger partial charge in [-0.3, -0.25) is 4.90 Å². The van der Waals surface area contributed by atoms with Gasteiger partial charge in [0.25, 0.3) is 0 Å². The number of hydrogen-bond acceptors (Lipinski definition) is 4. The lowest BCUT2D eigenvalue weighted by atomic mass is 10.1. The van der Waals surface area contributed by atoms with Gasteiger partial charge in [0, 0.05) is 26.2 Å². The summed E-state index contributed by atoms with van der Waals surface area (Å²) in [6.07, 6.45) is 0.587. The van der Waals surface area contributed by atoms with Crippen molar-refractivity contribution in [1.82, 2.24) is 9.62 Å². The van der Waals surface area contributed by atoms with Crippen molar-refractivity contribution < 1.29 is 13.2 Å². The number of rotatable bonds is 8. The molecule has 2 aromatic carbocycles. The van der Waals surface area contributed by atoms with Gasteiger partial charge in [-0.1, -0.05) is 60.7 Å². The molecule has 1 aliphatic rings. The molecular weight excluding hydrogens is 348 g/mol. The van der Waals surface area contributed by atoms with Gasteiger partial charge in [0.1, 0.15) is 0 Å². The zero-order chi connectivity index (χ0) is 18.2. The molecule has 0 amide bonds. The molecule has 0 aliphatic carbocycles. The summed E-state index contributed by atoms with van der Waals surface area (Å²) in [6, 6.07) is 19.8. The number of nitrogens with zero attached hydrogens (tertiary/aromatic N) is 1. The molecule has 140 valence electrons. The van der Waals surface area contributed by atoms with Gasteiger partial charge in [0.15, 0.2) is 0 Å². The first-order valence-electron chi connectivity index (χ1n) is 9.02. The molecule has 0 bridgehead atoms. The van der Waals surface area contributed by atoms with Crippen molar-refractivity contribution in [2.24, 2.45) is 0 Å². The molecule has 5 nitrogen and oxygen atoms in total. The van der Waals surface area contributed by atoms with Crippen molar-refractivity contribution in [3.63, 3.8) is 0 Å². The van der Waals surface area contributed by atoms with Crippen LogP contribution >= 0.6 is 0 Å². The summed E-state index contributed by atoms with van der Waals surface area (Å²) in [6.45, 7) is 3.40. The summed E-state index contributed by atoms with van der Waals surface area (Å²) in [5, 5.41) is 0. The van der Waals surface area contributed by atoms with Gasteiger partial charge in [-0.2, -0.15) is 0 Å². The first-order chi connectivity index (χ1) is 12.6. The average molecular weight is 375 g/mol. The van der Waals surface area contributed by atoms with E-state index in [1.807, 2.05) is 48.5 Å². The number of ether oxygens (including phenoxy) is 1. The van der Waals surface area contributed by atoms with Crippen LogP contribution in [0.2, 0.25) is 0 Å². The third-order valence-electron chi connectivity index (χ3n) is 4.57. The second-order valence-corrected chi connectivity index (χ2v) is 8.45. The van der Waals surface area contributed by atoms with Crippen LogP contribution in [0.3, 0.4) is 0 Å². The molecule has 0 spiro atoms. The Kier molecular flexibility index (Phi) is 6.80. The molecular formula is C20H26N2O3S. The highest BCUT2D eigenvalue weighted by atomic mass is 32.2. The van der Waals surface area contributed by atoms with Gasteiger partial charge in [0.2, 0.25) is 10.0 Å². The molecule has 1 heterocycles. The van der Waals surface area contributed by atoms with Crippen molar-refractivity contribution >= 4 is 10.0 Å². The lowest BCUT2D eigenvalue weighted by Crippen LogP contribution is -2.43. The van der Waals surface area contributed by atoms with Crippen LogP contribution in [0.5, 0.6) is 0 Å². The van der Waals surface area contributed by atoms with Crippen LogP contribution in [0.1, 0.15) is 17.2 Å². The smallest absolute Gasteiger partial charge is 0.211 e. The summed E-state index contributed by atoms with van der Waals surface area (Å²) in [5.74, 6) is 0.118. The number of sulfonamides is 1. The Morgan fingerprint density at radius 2 is 1.73 bits per heavy atom. The molecule has 1 N–H and O–H groups in total. The number of nitrogens with one attached hydrogen (secondary N) is 1. The summed E-state index contributed by atoms with van der Waals surface area (Å²) in [7, 11) is -3.25. The van der Waals surface area contributed by atoms with E-state index in [0.717, 1.165) is 18.7 Å². The predicted octanol–water partition coefficient (Wildman–Crippen LogP) is 2.22. The van der Waals surface area contributed by atoms with Crippen LogP contribution in [-0.4, -0.2) is 51.9 Å². The highest BCUT2D eigenvalue weighted by molar-refractivity contribution is 7.89. The van der Waals surface area contributed by atoms with Crippen molar-refractivity contribution in [3.05, 3.63) is 71.8 Å². The molecule has 0 unspecified atom stereocenters. The minimum absolute atomic E-state index is 0.0552. The topological polar surface area (TPSA) is 58.6 Å². The fraction of sp³-hybridized carbons (Fsp3) is 0.400. The fourth-order valence-corrected chi connectivity index (χ4v) is 4.15. The highest BCUT2D eigenvalue weighted by Gasteiger charge is 2.21. The van der Waals surface area contributed by atoms with E-state index < -0.39 is 10.0 Å². The van der Waals surface area contributed by atoms with Crippen molar-refractivity contribution in [3.8, 4) is 0 Å². The van der Waals surface area contributed by atoms with Crippen molar-refractivity contribution in [1.29, 1.82) is 0 Å². The summed E-state index contributed by atoms with van der Waals surface area (Å²) in [5.41, 5.74) is 2.21. The second-order valence-electron chi connectivity index (χ2n) is 6.52. The van der Waals surface area contributed by atoms with E-state index in [9.17, 15) is 8.42 Å². The fourth-order valence-electron chi connectivity index (χ4n) is 3.10. The summed E-state index contributed by atoms with van der Waals surface area (Å²) in [4.78, 5) is 2.25. The molecule has 0 radical (unpaired) electrons. The molecule has 26 heavy (non-hydrogen) atoms. The Hall–Kier alpha value is -1.73. The van der Waals surface area contributed by atoms with E-state index in [0.29, 0.717) is 26.1 Å². The lowest BCUT2D eigenvalue weighted by molar-refractivity contribution is -0.0291. The Balaban J connectivity index is 1.42. The van der Waals surface area contributed by atoms with E-state index in [2.05, 4.69) is 21.8 Å². The van der Waals surface area contributed by atoms with Crippen LogP contribution in [0, 0.1) is 0 Å². The molecule has 1 fully saturated rings. The predicted molar refractivity (Wildman–Crippen MR) is 104 cm³/mol. The van der Waals surface area contributed by atoms with E-state index in [1.165, 1.54) is 5.56 Å². The molecule has 6 heteroatoms. The Bertz CT molecular complexity index is 766. The third-order valence-corrected chi connectivity index (χ3v) is 5.96. The number of aryl methyl sites for hydroxylation is 1. The maximum atomic E-state index is 12.2. The largest absolute Gasteiger partial charge is 0.371 e. The quantitative estimate of drug-likeness (QED) is 0.770. The first kappa shape index (κ1) is 19.0.